The van der Waals surface area contributed by atoms with E-state index in [1.165, 1.54) is 0 Å². The first kappa shape index (κ1) is 16.1. The summed E-state index contributed by atoms with van der Waals surface area (Å²) in [4.78, 5) is 11.1. The highest BCUT2D eigenvalue weighted by atomic mass is 16.4. The molecule has 10 atom stereocenters. The van der Waals surface area contributed by atoms with Gasteiger partial charge >= 0.3 is 5.97 Å². The Balaban J connectivity index is 1.66. The van der Waals surface area contributed by atoms with E-state index in [9.17, 15) is 15.0 Å². The molecule has 0 amide bonds. The fourth-order valence-electron chi connectivity index (χ4n) is 8.06. The van der Waals surface area contributed by atoms with E-state index in [1.807, 2.05) is 6.92 Å². The van der Waals surface area contributed by atoms with Gasteiger partial charge < -0.3 is 15.3 Å². The van der Waals surface area contributed by atoms with Gasteiger partial charge in [-0.25, -0.2) is 0 Å². The maximum atomic E-state index is 11.3. The van der Waals surface area contributed by atoms with E-state index in [0.717, 1.165) is 25.7 Å². The molecule has 3 N–H and O–H groups in total. The van der Waals surface area contributed by atoms with E-state index in [1.54, 1.807) is 0 Å². The van der Waals surface area contributed by atoms with Gasteiger partial charge in [0.1, 0.15) is 0 Å². The molecule has 0 spiro atoms. The third-order valence-electron chi connectivity index (χ3n) is 9.51. The molecule has 4 aliphatic rings. The summed E-state index contributed by atoms with van der Waals surface area (Å²) in [5.41, 5.74) is -0.947. The van der Waals surface area contributed by atoms with E-state index in [-0.39, 0.29) is 47.8 Å². The monoisotopic (exact) mass is 396 g/mol. The van der Waals surface area contributed by atoms with Gasteiger partial charge in [0, 0.05) is 11.9 Å². The Labute approximate surface area is 175 Å². The topological polar surface area (TPSA) is 77.8 Å². The third-order valence-corrected chi connectivity index (χ3v) is 9.51. The molecule has 0 aromatic rings. The summed E-state index contributed by atoms with van der Waals surface area (Å²) in [7, 11) is 0. The van der Waals surface area contributed by atoms with Crippen molar-refractivity contribution in [2.75, 3.05) is 0 Å². The van der Waals surface area contributed by atoms with Crippen LogP contribution in [0.1, 0.15) is 90.4 Å². The number of rotatable bonds is 4. The highest BCUT2D eigenvalue weighted by molar-refractivity contribution is 5.66. The molecule has 4 fully saturated rings. The molecule has 4 rings (SSSR count). The average molecular weight is 397 g/mol. The predicted molar refractivity (Wildman–Crippen MR) is 109 cm³/mol. The summed E-state index contributed by atoms with van der Waals surface area (Å²) in [6.07, 6.45) is -1.41. The predicted octanol–water partition coefficient (Wildman–Crippen LogP) is 4.48. The minimum absolute atomic E-state index is 0.0107. The molecule has 0 radical (unpaired) electrons. The number of carboxylic acid groups (broad SMARTS) is 1. The maximum absolute atomic E-state index is 11.3. The van der Waals surface area contributed by atoms with Gasteiger partial charge in [-0.2, -0.15) is 0 Å². The zero-order chi connectivity index (χ0) is 23.9. The van der Waals surface area contributed by atoms with Gasteiger partial charge in [-0.3, -0.25) is 4.79 Å². The fourth-order valence-corrected chi connectivity index (χ4v) is 8.06. The quantitative estimate of drug-likeness (QED) is 0.655. The molecule has 4 saturated carbocycles. The molecule has 0 aromatic carbocycles. The van der Waals surface area contributed by atoms with E-state index >= 15 is 0 Å². The molecule has 0 bridgehead atoms. The number of aliphatic hydroxyl groups excluding tert-OH is 2. The summed E-state index contributed by atoms with van der Waals surface area (Å²) in [6.45, 7) is 6.33. The number of aliphatic carboxylic acids is 1. The molecule has 4 aliphatic carbocycles. The second kappa shape index (κ2) is 7.27. The molecule has 0 heterocycles. The lowest BCUT2D eigenvalue weighted by atomic mass is 9.43. The summed E-state index contributed by atoms with van der Waals surface area (Å²) in [5, 5.41) is 30.9. The van der Waals surface area contributed by atoms with Crippen LogP contribution in [0.15, 0.2) is 0 Å². The van der Waals surface area contributed by atoms with Gasteiger partial charge in [0.25, 0.3) is 0 Å². The van der Waals surface area contributed by atoms with Crippen molar-refractivity contribution < 1.29 is 25.6 Å². The number of fused-ring (bicyclic) bond motifs is 5. The molecule has 1 unspecified atom stereocenters. The Bertz CT molecular complexity index is 760. The maximum Gasteiger partial charge on any atom is 0.303 e. The largest absolute Gasteiger partial charge is 0.481 e. The van der Waals surface area contributed by atoms with Crippen molar-refractivity contribution in [2.45, 2.75) is 97.1 Å². The van der Waals surface area contributed by atoms with Gasteiger partial charge in [-0.15, -0.1) is 0 Å². The van der Waals surface area contributed by atoms with Crippen LogP contribution in [0.25, 0.3) is 0 Å². The van der Waals surface area contributed by atoms with Gasteiger partial charge in [0.15, 0.2) is 0 Å². The summed E-state index contributed by atoms with van der Waals surface area (Å²) in [5.74, 6) is -0.303. The Morgan fingerprint density at radius 3 is 2.57 bits per heavy atom. The Morgan fingerprint density at radius 2 is 1.86 bits per heavy atom. The minimum Gasteiger partial charge on any atom is -0.481 e. The van der Waals surface area contributed by atoms with Gasteiger partial charge in [-0.1, -0.05) is 20.8 Å². The lowest BCUT2D eigenvalue weighted by Crippen LogP contribution is -2.58. The zero-order valence-corrected chi connectivity index (χ0v) is 17.5. The lowest BCUT2D eigenvalue weighted by molar-refractivity contribution is -0.174. The number of carbonyl (C=O) groups is 1. The third kappa shape index (κ3) is 3.14. The first-order chi connectivity index (χ1) is 14.7. The molecule has 4 nitrogen and oxygen atoms in total. The standard InChI is InChI=1S/C24H40O4/c1-14(4-7-21(27)28)17-5-6-18-22-19(9-11-24(17,18)3)23(2)10-8-16(25)12-15(23)13-20(22)26/h14-20,22,25-26H,4-13H2,1-3H3,(H,27,28)/t14-,15?,16+,17-,18+,19+,20+,22+,23+,24-/m1/s1/i8D2,10D2. The zero-order valence-electron chi connectivity index (χ0n) is 21.5. The highest BCUT2D eigenvalue weighted by Crippen LogP contribution is 2.68. The van der Waals surface area contributed by atoms with Crippen molar-refractivity contribution in [3.05, 3.63) is 0 Å². The van der Waals surface area contributed by atoms with E-state index in [2.05, 4.69) is 13.8 Å². The number of carboxylic acids is 1. The van der Waals surface area contributed by atoms with Crippen molar-refractivity contribution in [3.63, 3.8) is 0 Å². The summed E-state index contributed by atoms with van der Waals surface area (Å²) in [6, 6.07) is 0. The average Bonchev–Trinajstić information content (AvgIpc) is 3.05. The normalized spacial score (nSPS) is 57.4. The molecule has 0 aromatic heterocycles. The van der Waals surface area contributed by atoms with Crippen molar-refractivity contribution in [1.29, 1.82) is 0 Å². The van der Waals surface area contributed by atoms with Crippen LogP contribution in [-0.4, -0.2) is 33.5 Å². The summed E-state index contributed by atoms with van der Waals surface area (Å²) < 4.78 is 34.7. The van der Waals surface area contributed by atoms with Crippen molar-refractivity contribution in [1.82, 2.24) is 0 Å². The van der Waals surface area contributed by atoms with Crippen LogP contribution in [0.4, 0.5) is 0 Å². The molecule has 0 aliphatic heterocycles. The second-order valence-corrected chi connectivity index (χ2v) is 10.7. The Morgan fingerprint density at radius 1 is 1.14 bits per heavy atom. The molecule has 28 heavy (non-hydrogen) atoms. The second-order valence-electron chi connectivity index (χ2n) is 10.7. The van der Waals surface area contributed by atoms with Crippen LogP contribution in [0.2, 0.25) is 0 Å². The van der Waals surface area contributed by atoms with Crippen molar-refractivity contribution in [3.8, 4) is 0 Å². The van der Waals surface area contributed by atoms with Gasteiger partial charge in [0.05, 0.1) is 12.2 Å². The van der Waals surface area contributed by atoms with E-state index in [0.29, 0.717) is 18.8 Å². The lowest BCUT2D eigenvalue weighted by Gasteiger charge is -2.62. The molecule has 160 valence electrons. The van der Waals surface area contributed by atoms with Crippen LogP contribution < -0.4 is 0 Å². The Hall–Kier alpha value is -0.610. The highest BCUT2D eigenvalue weighted by Gasteiger charge is 2.62. The fraction of sp³-hybridized carbons (Fsp3) is 0.958. The minimum atomic E-state index is -2.32. The van der Waals surface area contributed by atoms with E-state index < -0.39 is 36.3 Å². The van der Waals surface area contributed by atoms with Crippen molar-refractivity contribution >= 4 is 5.97 Å². The molecular formula is C24H40O4. The van der Waals surface area contributed by atoms with Crippen LogP contribution in [0.3, 0.4) is 0 Å². The SMILES string of the molecule is [2H]C1([2H])[C@H](O)CC2C[C@H](O)[C@H]3[C@@H]4CC[C@H]([C@H](C)CCC(=O)O)[C@@]4(C)CC[C@@H]3[C@@]2(C)C1([2H])[2H]. The Kier molecular flexibility index (Phi) is 4.19. The van der Waals surface area contributed by atoms with E-state index in [4.69, 9.17) is 10.6 Å². The number of hydrogen-bond acceptors (Lipinski definition) is 3. The van der Waals surface area contributed by atoms with Crippen LogP contribution in [0.5, 0.6) is 0 Å². The first-order valence-corrected chi connectivity index (χ1v) is 11.3. The number of aliphatic hydroxyl groups is 2. The van der Waals surface area contributed by atoms with Crippen molar-refractivity contribution in [2.24, 2.45) is 46.3 Å². The van der Waals surface area contributed by atoms with Crippen LogP contribution in [0, 0.1) is 46.3 Å². The molecular weight excluding hydrogens is 352 g/mol. The van der Waals surface area contributed by atoms with Crippen LogP contribution in [-0.2, 0) is 4.79 Å². The summed E-state index contributed by atoms with van der Waals surface area (Å²) >= 11 is 0. The van der Waals surface area contributed by atoms with Crippen LogP contribution >= 0.6 is 0 Å². The number of hydrogen-bond donors (Lipinski definition) is 3. The molecule has 0 saturated heterocycles. The first-order valence-electron chi connectivity index (χ1n) is 13.3. The smallest absolute Gasteiger partial charge is 0.303 e. The van der Waals surface area contributed by atoms with Gasteiger partial charge in [-0.05, 0) is 104 Å². The molecule has 4 heteroatoms. The van der Waals surface area contributed by atoms with Gasteiger partial charge in [0.2, 0.25) is 0 Å².